The number of halogens is 4. The Labute approximate surface area is 173 Å². The predicted octanol–water partition coefficient (Wildman–Crippen LogP) is 3.73. The quantitative estimate of drug-likeness (QED) is 0.532. The van der Waals surface area contributed by atoms with Crippen LogP contribution in [0.5, 0.6) is 5.75 Å². The van der Waals surface area contributed by atoms with Crippen molar-refractivity contribution in [3.63, 3.8) is 0 Å². The van der Waals surface area contributed by atoms with Crippen molar-refractivity contribution in [3.8, 4) is 5.75 Å². The number of nitrogens with one attached hydrogen (secondary N) is 1. The fourth-order valence-corrected chi connectivity index (χ4v) is 4.33. The number of hydrogen-bond acceptors (Lipinski definition) is 5. The molecule has 0 saturated carbocycles. The van der Waals surface area contributed by atoms with Gasteiger partial charge in [-0.15, -0.1) is 0 Å². The Morgan fingerprint density at radius 2 is 1.94 bits per heavy atom. The first-order chi connectivity index (χ1) is 14.5. The van der Waals surface area contributed by atoms with Crippen LogP contribution < -0.4 is 10.9 Å². The molecule has 0 saturated heterocycles. The molecule has 0 radical (unpaired) electrons. The molecule has 0 spiro atoms. The van der Waals surface area contributed by atoms with E-state index in [4.69, 9.17) is 0 Å². The standard InChI is InChI=1S/C21H19F4N3O3/c1-10-8-20(31,21(23,24)25)18(12-6-7-14(22)17(29)16(10)12)27-15-5-3-4-11-13(15)9-26-28(2)19(11)30/h3-7,9-10,18,27,29,31H,8H2,1-2H3/t10-,18+,20+/m1/s1. The van der Waals surface area contributed by atoms with Gasteiger partial charge in [0, 0.05) is 23.7 Å². The SMILES string of the molecule is C[C@@H]1C[C@@](O)(C(F)(F)F)[C@@H](Nc2cccc3c(=O)n(C)ncc23)c2ccc(F)c(O)c21. The van der Waals surface area contributed by atoms with Crippen molar-refractivity contribution in [2.75, 3.05) is 5.32 Å². The van der Waals surface area contributed by atoms with Crippen LogP contribution in [0.1, 0.15) is 36.4 Å². The van der Waals surface area contributed by atoms with E-state index >= 15 is 0 Å². The van der Waals surface area contributed by atoms with Crippen LogP contribution in [0.2, 0.25) is 0 Å². The number of aliphatic hydroxyl groups is 1. The van der Waals surface area contributed by atoms with E-state index in [1.54, 1.807) is 0 Å². The lowest BCUT2D eigenvalue weighted by Crippen LogP contribution is -2.55. The van der Waals surface area contributed by atoms with Crippen LogP contribution in [0.3, 0.4) is 0 Å². The molecule has 0 aliphatic heterocycles. The van der Waals surface area contributed by atoms with Crippen LogP contribution in [-0.2, 0) is 7.05 Å². The summed E-state index contributed by atoms with van der Waals surface area (Å²) in [4.78, 5) is 12.4. The van der Waals surface area contributed by atoms with Gasteiger partial charge < -0.3 is 15.5 Å². The normalized spacial score (nSPS) is 23.6. The molecule has 4 rings (SSSR count). The maximum atomic E-state index is 14.1. The highest BCUT2D eigenvalue weighted by Crippen LogP contribution is 2.54. The third kappa shape index (κ3) is 3.13. The van der Waals surface area contributed by atoms with Crippen molar-refractivity contribution in [2.45, 2.75) is 37.1 Å². The molecule has 1 heterocycles. The fraction of sp³-hybridized carbons (Fsp3) is 0.333. The van der Waals surface area contributed by atoms with E-state index < -0.39 is 47.3 Å². The number of nitrogens with zero attached hydrogens (tertiary/aromatic N) is 2. The Morgan fingerprint density at radius 1 is 1.23 bits per heavy atom. The zero-order valence-electron chi connectivity index (χ0n) is 16.5. The van der Waals surface area contributed by atoms with Gasteiger partial charge >= 0.3 is 6.18 Å². The maximum absolute atomic E-state index is 14.1. The number of benzene rings is 2. The van der Waals surface area contributed by atoms with Gasteiger partial charge in [0.1, 0.15) is 0 Å². The topological polar surface area (TPSA) is 87.4 Å². The van der Waals surface area contributed by atoms with Gasteiger partial charge in [-0.25, -0.2) is 9.07 Å². The van der Waals surface area contributed by atoms with Gasteiger partial charge in [-0.1, -0.05) is 19.1 Å². The molecule has 3 atom stereocenters. The maximum Gasteiger partial charge on any atom is 0.419 e. The van der Waals surface area contributed by atoms with Crippen molar-refractivity contribution in [1.29, 1.82) is 0 Å². The summed E-state index contributed by atoms with van der Waals surface area (Å²) in [5.41, 5.74) is -3.59. The largest absolute Gasteiger partial charge is 0.505 e. The van der Waals surface area contributed by atoms with E-state index in [9.17, 15) is 32.6 Å². The fourth-order valence-electron chi connectivity index (χ4n) is 4.33. The second-order valence-corrected chi connectivity index (χ2v) is 7.84. The Bertz CT molecular complexity index is 1240. The number of rotatable bonds is 2. The second kappa shape index (κ2) is 6.94. The third-order valence-corrected chi connectivity index (χ3v) is 5.88. The van der Waals surface area contributed by atoms with Gasteiger partial charge in [-0.2, -0.15) is 18.3 Å². The van der Waals surface area contributed by atoms with Gasteiger partial charge in [0.25, 0.3) is 5.56 Å². The van der Waals surface area contributed by atoms with Gasteiger partial charge in [0.15, 0.2) is 17.2 Å². The van der Waals surface area contributed by atoms with E-state index in [1.807, 2.05) is 0 Å². The number of phenolic OH excluding ortho intramolecular Hbond substituents is 1. The highest BCUT2D eigenvalue weighted by atomic mass is 19.4. The Kier molecular flexibility index (Phi) is 4.73. The minimum absolute atomic E-state index is 0.000649. The molecule has 2 aromatic carbocycles. The van der Waals surface area contributed by atoms with E-state index in [0.717, 1.165) is 16.8 Å². The summed E-state index contributed by atoms with van der Waals surface area (Å²) in [5, 5.41) is 28.1. The van der Waals surface area contributed by atoms with Gasteiger partial charge in [-0.05, 0) is 36.1 Å². The van der Waals surface area contributed by atoms with Crippen molar-refractivity contribution in [2.24, 2.45) is 7.05 Å². The summed E-state index contributed by atoms with van der Waals surface area (Å²) in [6.45, 7) is 1.39. The summed E-state index contributed by atoms with van der Waals surface area (Å²) in [6, 6.07) is 4.68. The molecule has 1 aromatic heterocycles. The van der Waals surface area contributed by atoms with Crippen molar-refractivity contribution < 1.29 is 27.8 Å². The van der Waals surface area contributed by atoms with Gasteiger partial charge in [-0.3, -0.25) is 4.79 Å². The number of phenols is 1. The highest BCUT2D eigenvalue weighted by molar-refractivity contribution is 5.92. The Morgan fingerprint density at radius 3 is 2.61 bits per heavy atom. The number of hydrogen-bond donors (Lipinski definition) is 3. The summed E-state index contributed by atoms with van der Waals surface area (Å²) in [5.74, 6) is -2.66. The first-order valence-corrected chi connectivity index (χ1v) is 9.47. The molecule has 31 heavy (non-hydrogen) atoms. The molecular formula is C21H19F4N3O3. The minimum Gasteiger partial charge on any atom is -0.505 e. The molecule has 0 amide bonds. The monoisotopic (exact) mass is 437 g/mol. The number of anilines is 1. The molecule has 164 valence electrons. The van der Waals surface area contributed by atoms with Crippen LogP contribution in [0.4, 0.5) is 23.2 Å². The number of aromatic hydroxyl groups is 1. The lowest BCUT2D eigenvalue weighted by atomic mass is 9.70. The number of fused-ring (bicyclic) bond motifs is 2. The lowest BCUT2D eigenvalue weighted by Gasteiger charge is -2.45. The average Bonchev–Trinajstić information content (AvgIpc) is 2.69. The Hall–Kier alpha value is -3.14. The molecule has 6 nitrogen and oxygen atoms in total. The van der Waals surface area contributed by atoms with E-state index in [-0.39, 0.29) is 27.6 Å². The lowest BCUT2D eigenvalue weighted by molar-refractivity contribution is -0.272. The third-order valence-electron chi connectivity index (χ3n) is 5.88. The molecule has 3 N–H and O–H groups in total. The highest BCUT2D eigenvalue weighted by Gasteiger charge is 2.62. The molecule has 0 unspecified atom stereocenters. The molecule has 0 bridgehead atoms. The molecular weight excluding hydrogens is 418 g/mol. The van der Waals surface area contributed by atoms with Crippen LogP contribution >= 0.6 is 0 Å². The van der Waals surface area contributed by atoms with E-state index in [1.165, 1.54) is 38.4 Å². The van der Waals surface area contributed by atoms with E-state index in [0.29, 0.717) is 0 Å². The zero-order chi connectivity index (χ0) is 22.7. The van der Waals surface area contributed by atoms with E-state index in [2.05, 4.69) is 10.4 Å². The summed E-state index contributed by atoms with van der Waals surface area (Å²) < 4.78 is 57.2. The first-order valence-electron chi connectivity index (χ1n) is 9.47. The predicted molar refractivity (Wildman–Crippen MR) is 105 cm³/mol. The van der Waals surface area contributed by atoms with Crippen LogP contribution in [-0.4, -0.2) is 31.8 Å². The zero-order valence-corrected chi connectivity index (χ0v) is 16.5. The molecule has 3 aromatic rings. The molecule has 1 aliphatic rings. The van der Waals surface area contributed by atoms with Crippen molar-refractivity contribution in [1.82, 2.24) is 9.78 Å². The minimum atomic E-state index is -5.03. The molecule has 1 aliphatic carbocycles. The van der Waals surface area contributed by atoms with Crippen LogP contribution in [0.15, 0.2) is 41.3 Å². The first kappa shape index (κ1) is 21.1. The average molecular weight is 437 g/mol. The van der Waals surface area contributed by atoms with Crippen LogP contribution in [0.25, 0.3) is 10.8 Å². The summed E-state index contributed by atoms with van der Waals surface area (Å²) in [7, 11) is 1.44. The summed E-state index contributed by atoms with van der Waals surface area (Å²) in [6.07, 6.45) is -4.48. The van der Waals surface area contributed by atoms with Gasteiger partial charge in [0.05, 0.1) is 17.6 Å². The molecule has 0 fully saturated rings. The molecule has 10 heteroatoms. The summed E-state index contributed by atoms with van der Waals surface area (Å²) >= 11 is 0. The van der Waals surface area contributed by atoms with Gasteiger partial charge in [0.2, 0.25) is 0 Å². The smallest absolute Gasteiger partial charge is 0.419 e. The van der Waals surface area contributed by atoms with Crippen molar-refractivity contribution >= 4 is 16.5 Å². The number of alkyl halides is 3. The number of aryl methyl sites for hydroxylation is 1. The Balaban J connectivity index is 1.94. The number of aromatic nitrogens is 2. The van der Waals surface area contributed by atoms with Crippen LogP contribution in [0, 0.1) is 5.82 Å². The van der Waals surface area contributed by atoms with Crippen molar-refractivity contribution in [3.05, 3.63) is 63.8 Å². The second-order valence-electron chi connectivity index (χ2n) is 7.84.